The molecule has 2 aliphatic heterocycles. The molecule has 0 radical (unpaired) electrons. The minimum Gasteiger partial charge on any atom is -0.480 e. The molecule has 2 fully saturated rings. The number of thioether (sulfide) groups is 1. The lowest BCUT2D eigenvalue weighted by molar-refractivity contribution is -0.156. The Morgan fingerprint density at radius 3 is 2.93 bits per heavy atom. The third-order valence-electron chi connectivity index (χ3n) is 2.58. The first-order chi connectivity index (χ1) is 6.49. The highest BCUT2D eigenvalue weighted by Gasteiger charge is 2.61. The van der Waals surface area contributed by atoms with Crippen LogP contribution in [0.1, 0.15) is 13.3 Å². The Morgan fingerprint density at radius 2 is 2.50 bits per heavy atom. The quantitative estimate of drug-likeness (QED) is 0.620. The number of carboxylic acid groups (broad SMARTS) is 1. The lowest BCUT2D eigenvalue weighted by Crippen LogP contribution is -2.57. The number of hydrogen-bond donors (Lipinski definition) is 1. The maximum Gasteiger partial charge on any atom is 0.329 e. The fraction of sp³-hybridized carbons (Fsp3) is 0.625. The van der Waals surface area contributed by atoms with E-state index >= 15 is 0 Å². The molecule has 6 heteroatoms. The van der Waals surface area contributed by atoms with Gasteiger partial charge in [-0.05, 0) is 6.92 Å². The third-order valence-corrected chi connectivity index (χ3v) is 4.05. The molecule has 3 atom stereocenters. The van der Waals surface area contributed by atoms with E-state index in [0.29, 0.717) is 6.42 Å². The molecule has 2 aliphatic rings. The second-order valence-corrected chi connectivity index (χ2v) is 5.17. The Balaban J connectivity index is 2.37. The average Bonchev–Trinajstić information content (AvgIpc) is 2.35. The Labute approximate surface area is 84.7 Å². The number of carbonyl (C=O) groups is 2. The Kier molecular flexibility index (Phi) is 1.76. The van der Waals surface area contributed by atoms with Gasteiger partial charge in [-0.15, -0.1) is 11.8 Å². The molecule has 0 bridgehead atoms. The van der Waals surface area contributed by atoms with E-state index in [1.807, 2.05) is 6.07 Å². The largest absolute Gasteiger partial charge is 0.480 e. The summed E-state index contributed by atoms with van der Waals surface area (Å²) in [6, 6.07) is 0.985. The number of nitrogens with zero attached hydrogens (tertiary/aromatic N) is 2. The number of β-lactam (4-membered cyclic amide) rings is 1. The Hall–Kier alpha value is -1.22. The van der Waals surface area contributed by atoms with Gasteiger partial charge in [-0.25, -0.2) is 4.79 Å². The topological polar surface area (TPSA) is 81.4 Å². The van der Waals surface area contributed by atoms with Crippen LogP contribution in [-0.2, 0) is 9.59 Å². The highest BCUT2D eigenvalue weighted by atomic mass is 32.2. The fourth-order valence-corrected chi connectivity index (χ4v) is 3.40. The first-order valence-electron chi connectivity index (χ1n) is 4.12. The lowest BCUT2D eigenvalue weighted by atomic mass is 9.98. The predicted octanol–water partition coefficient (Wildman–Crippen LogP) is 0.0271. The van der Waals surface area contributed by atoms with E-state index in [9.17, 15) is 9.59 Å². The van der Waals surface area contributed by atoms with Crippen molar-refractivity contribution in [1.29, 1.82) is 5.26 Å². The van der Waals surface area contributed by atoms with Gasteiger partial charge in [-0.1, -0.05) is 0 Å². The van der Waals surface area contributed by atoms with Crippen LogP contribution in [0.15, 0.2) is 0 Å². The smallest absolute Gasteiger partial charge is 0.329 e. The van der Waals surface area contributed by atoms with E-state index in [-0.39, 0.29) is 11.3 Å². The van der Waals surface area contributed by atoms with Crippen molar-refractivity contribution in [1.82, 2.24) is 4.90 Å². The van der Waals surface area contributed by atoms with Crippen molar-refractivity contribution in [3.05, 3.63) is 0 Å². The number of nitriles is 1. The molecule has 2 saturated heterocycles. The van der Waals surface area contributed by atoms with E-state index in [4.69, 9.17) is 10.4 Å². The molecule has 0 spiro atoms. The molecule has 1 amide bonds. The number of aliphatic carboxylic acids is 1. The monoisotopic (exact) mass is 212 g/mol. The molecular weight excluding hydrogens is 204 g/mol. The molecule has 1 N–H and O–H groups in total. The first-order valence-corrected chi connectivity index (χ1v) is 5.00. The van der Waals surface area contributed by atoms with E-state index in [0.717, 1.165) is 0 Å². The van der Waals surface area contributed by atoms with Crippen LogP contribution in [0.3, 0.4) is 0 Å². The van der Waals surface area contributed by atoms with E-state index in [1.54, 1.807) is 6.92 Å². The third kappa shape index (κ3) is 0.960. The summed E-state index contributed by atoms with van der Waals surface area (Å²) in [6.45, 7) is 1.57. The van der Waals surface area contributed by atoms with Crippen LogP contribution in [-0.4, -0.2) is 38.0 Å². The summed E-state index contributed by atoms with van der Waals surface area (Å²) in [5.74, 6) is -1.27. The number of carbonyl (C=O) groups excluding carboxylic acids is 1. The fourth-order valence-electron chi connectivity index (χ4n) is 1.86. The van der Waals surface area contributed by atoms with Crippen LogP contribution in [0, 0.1) is 11.3 Å². The molecule has 2 rings (SSSR count). The number of rotatable bonds is 1. The number of carboxylic acids is 1. The van der Waals surface area contributed by atoms with Crippen LogP contribution in [0.2, 0.25) is 0 Å². The summed E-state index contributed by atoms with van der Waals surface area (Å²) in [5, 5.41) is 17.8. The molecule has 0 aromatic rings. The second-order valence-electron chi connectivity index (χ2n) is 3.54. The van der Waals surface area contributed by atoms with Crippen molar-refractivity contribution >= 4 is 23.6 Å². The molecule has 0 unspecified atom stereocenters. The molecule has 0 saturated carbocycles. The second kappa shape index (κ2) is 2.64. The normalized spacial score (nSPS) is 40.0. The zero-order chi connectivity index (χ0) is 10.5. The lowest BCUT2D eigenvalue weighted by Gasteiger charge is -2.36. The summed E-state index contributed by atoms with van der Waals surface area (Å²) >= 11 is 1.27. The first kappa shape index (κ1) is 9.34. The van der Waals surface area contributed by atoms with E-state index in [1.165, 1.54) is 16.7 Å². The van der Waals surface area contributed by atoms with Crippen molar-refractivity contribution in [2.75, 3.05) is 0 Å². The van der Waals surface area contributed by atoms with Gasteiger partial charge in [-0.3, -0.25) is 4.79 Å². The Bertz CT molecular complexity index is 364. The van der Waals surface area contributed by atoms with Crippen LogP contribution < -0.4 is 0 Å². The van der Waals surface area contributed by atoms with Gasteiger partial charge < -0.3 is 10.0 Å². The van der Waals surface area contributed by atoms with Gasteiger partial charge in [0.05, 0.1) is 17.9 Å². The summed E-state index contributed by atoms with van der Waals surface area (Å²) in [4.78, 5) is 23.4. The maximum absolute atomic E-state index is 11.2. The van der Waals surface area contributed by atoms with Crippen molar-refractivity contribution in [3.8, 4) is 6.07 Å². The SMILES string of the molecule is C[C@@]1(C#N)S[C@@H]2CC(=O)N2[C@H]1C(=O)O. The predicted molar refractivity (Wildman–Crippen MR) is 48.3 cm³/mol. The zero-order valence-corrected chi connectivity index (χ0v) is 8.24. The highest BCUT2D eigenvalue weighted by molar-refractivity contribution is 8.02. The summed E-state index contributed by atoms with van der Waals surface area (Å²) in [7, 11) is 0. The van der Waals surface area contributed by atoms with Gasteiger partial charge >= 0.3 is 5.97 Å². The standard InChI is InChI=1S/C8H8N2O3S/c1-8(3-9)6(7(12)13)10-4(11)2-5(10)14-8/h5-6H,2H2,1H3,(H,12,13)/t5-,6+,8+/m1/s1. The number of fused-ring (bicyclic) bond motifs is 1. The highest BCUT2D eigenvalue weighted by Crippen LogP contribution is 2.50. The van der Waals surface area contributed by atoms with Gasteiger partial charge in [0.15, 0.2) is 6.04 Å². The van der Waals surface area contributed by atoms with Crippen molar-refractivity contribution in [2.24, 2.45) is 0 Å². The summed E-state index contributed by atoms with van der Waals surface area (Å²) in [6.07, 6.45) is 0.353. The molecule has 0 aliphatic carbocycles. The number of hydrogen-bond acceptors (Lipinski definition) is 4. The molecule has 5 nitrogen and oxygen atoms in total. The Morgan fingerprint density at radius 1 is 1.86 bits per heavy atom. The summed E-state index contributed by atoms with van der Waals surface area (Å²) in [5.41, 5.74) is 0. The zero-order valence-electron chi connectivity index (χ0n) is 7.43. The maximum atomic E-state index is 11.2. The molecule has 14 heavy (non-hydrogen) atoms. The van der Waals surface area contributed by atoms with Crippen LogP contribution in [0.4, 0.5) is 0 Å². The average molecular weight is 212 g/mol. The van der Waals surface area contributed by atoms with Crippen molar-refractivity contribution in [2.45, 2.75) is 29.5 Å². The summed E-state index contributed by atoms with van der Waals surface area (Å²) < 4.78 is -1.01. The molecule has 2 heterocycles. The minimum absolute atomic E-state index is 0.117. The number of amides is 1. The van der Waals surface area contributed by atoms with Gasteiger partial charge in [0.1, 0.15) is 4.75 Å². The van der Waals surface area contributed by atoms with Crippen molar-refractivity contribution < 1.29 is 14.7 Å². The minimum atomic E-state index is -1.10. The van der Waals surface area contributed by atoms with Crippen molar-refractivity contribution in [3.63, 3.8) is 0 Å². The molecule has 74 valence electrons. The van der Waals surface area contributed by atoms with Crippen LogP contribution >= 0.6 is 11.8 Å². The molecular formula is C8H8N2O3S. The van der Waals surface area contributed by atoms with Gasteiger partial charge in [0.2, 0.25) is 5.91 Å². The molecule has 0 aromatic carbocycles. The van der Waals surface area contributed by atoms with E-state index < -0.39 is 16.8 Å². The van der Waals surface area contributed by atoms with Gasteiger partial charge in [0.25, 0.3) is 0 Å². The van der Waals surface area contributed by atoms with Gasteiger partial charge in [-0.2, -0.15) is 5.26 Å². The van der Waals surface area contributed by atoms with Crippen LogP contribution in [0.25, 0.3) is 0 Å². The van der Waals surface area contributed by atoms with Gasteiger partial charge in [0, 0.05) is 0 Å². The van der Waals surface area contributed by atoms with Crippen LogP contribution in [0.5, 0.6) is 0 Å². The molecule has 0 aromatic heterocycles. The van der Waals surface area contributed by atoms with E-state index in [2.05, 4.69) is 0 Å².